The molecule has 0 bridgehead atoms. The van der Waals surface area contributed by atoms with Gasteiger partial charge in [-0.2, -0.15) is 0 Å². The summed E-state index contributed by atoms with van der Waals surface area (Å²) in [6.07, 6.45) is 3.80. The van der Waals surface area contributed by atoms with Crippen LogP contribution in [0.5, 0.6) is 11.5 Å². The number of ether oxygens (including phenoxy) is 2. The third kappa shape index (κ3) is 3.28. The summed E-state index contributed by atoms with van der Waals surface area (Å²) in [7, 11) is 1.63. The van der Waals surface area contributed by atoms with E-state index in [9.17, 15) is 4.79 Å². The number of fused-ring (bicyclic) bond motifs is 4. The Morgan fingerprint density at radius 1 is 0.838 bits per heavy atom. The van der Waals surface area contributed by atoms with Crippen molar-refractivity contribution < 1.29 is 18.3 Å². The molecule has 0 unspecified atom stereocenters. The third-order valence-electron chi connectivity index (χ3n) is 7.03. The molecule has 0 saturated heterocycles. The van der Waals surface area contributed by atoms with Crippen LogP contribution in [-0.2, 0) is 0 Å². The number of benzene rings is 4. The molecule has 0 radical (unpaired) electrons. The van der Waals surface area contributed by atoms with Crippen LogP contribution in [0, 0.1) is 6.92 Å². The van der Waals surface area contributed by atoms with Crippen molar-refractivity contribution in [2.24, 2.45) is 0 Å². The van der Waals surface area contributed by atoms with E-state index < -0.39 is 0 Å². The van der Waals surface area contributed by atoms with Gasteiger partial charge in [0.15, 0.2) is 5.43 Å². The molecule has 0 N–H and O–H groups in total. The minimum Gasteiger partial charge on any atom is -0.496 e. The Kier molecular flexibility index (Phi) is 4.73. The summed E-state index contributed by atoms with van der Waals surface area (Å²) in [4.78, 5) is 12.9. The van der Waals surface area contributed by atoms with Gasteiger partial charge >= 0.3 is 0 Å². The van der Waals surface area contributed by atoms with E-state index in [1.165, 1.54) is 0 Å². The summed E-state index contributed by atoms with van der Waals surface area (Å²) in [5, 5.41) is 2.45. The van der Waals surface area contributed by atoms with Crippen LogP contribution < -0.4 is 14.9 Å². The summed E-state index contributed by atoms with van der Waals surface area (Å²) in [6, 6.07) is 25.4. The molecule has 5 heteroatoms. The van der Waals surface area contributed by atoms with Crippen LogP contribution in [0.3, 0.4) is 0 Å². The highest BCUT2D eigenvalue weighted by Crippen LogP contribution is 2.48. The Morgan fingerprint density at radius 2 is 1.57 bits per heavy atom. The van der Waals surface area contributed by atoms with Crippen molar-refractivity contribution in [3.05, 3.63) is 112 Å². The maximum atomic E-state index is 12.9. The van der Waals surface area contributed by atoms with Gasteiger partial charge in [0.2, 0.25) is 0 Å². The summed E-state index contributed by atoms with van der Waals surface area (Å²) in [6.45, 7) is 1.78. The normalized spacial score (nSPS) is 14.7. The zero-order valence-electron chi connectivity index (χ0n) is 20.3. The molecule has 0 fully saturated rings. The van der Waals surface area contributed by atoms with Gasteiger partial charge in [0.1, 0.15) is 40.1 Å². The Labute approximate surface area is 212 Å². The molecule has 0 saturated carbocycles. The van der Waals surface area contributed by atoms with Crippen molar-refractivity contribution in [1.29, 1.82) is 0 Å². The zero-order valence-corrected chi connectivity index (χ0v) is 20.3. The van der Waals surface area contributed by atoms with Crippen molar-refractivity contribution in [1.82, 2.24) is 0 Å². The van der Waals surface area contributed by atoms with Gasteiger partial charge in [0.05, 0.1) is 23.4 Å². The number of hydrogen-bond acceptors (Lipinski definition) is 5. The van der Waals surface area contributed by atoms with Gasteiger partial charge in [-0.3, -0.25) is 4.79 Å². The lowest BCUT2D eigenvalue weighted by Crippen LogP contribution is -2.10. The minimum absolute atomic E-state index is 0.140. The van der Waals surface area contributed by atoms with Gasteiger partial charge < -0.3 is 18.3 Å². The van der Waals surface area contributed by atoms with E-state index in [4.69, 9.17) is 18.3 Å². The molecular weight excluding hydrogens is 464 g/mol. The molecular formula is C32H22O5. The van der Waals surface area contributed by atoms with Gasteiger partial charge in [0.25, 0.3) is 0 Å². The fraction of sp³-hybridized carbons (Fsp3) is 0.0938. The van der Waals surface area contributed by atoms with Crippen LogP contribution in [0.4, 0.5) is 0 Å². The van der Waals surface area contributed by atoms with E-state index in [2.05, 4.69) is 0 Å². The lowest BCUT2D eigenvalue weighted by Gasteiger charge is -2.25. The molecule has 6 aromatic rings. The third-order valence-corrected chi connectivity index (χ3v) is 7.03. The molecule has 3 heterocycles. The molecule has 0 spiro atoms. The van der Waals surface area contributed by atoms with Gasteiger partial charge in [-0.1, -0.05) is 60.7 Å². The van der Waals surface area contributed by atoms with Crippen LogP contribution in [0.1, 0.15) is 22.8 Å². The Bertz CT molecular complexity index is 1910. The monoisotopic (exact) mass is 486 g/mol. The minimum atomic E-state index is -0.269. The predicted molar refractivity (Wildman–Crippen MR) is 145 cm³/mol. The van der Waals surface area contributed by atoms with E-state index in [0.717, 1.165) is 32.8 Å². The largest absolute Gasteiger partial charge is 0.496 e. The second kappa shape index (κ2) is 8.14. The van der Waals surface area contributed by atoms with Crippen molar-refractivity contribution in [2.45, 2.75) is 13.0 Å². The fourth-order valence-electron chi connectivity index (χ4n) is 5.16. The Hall–Kier alpha value is -4.77. The summed E-state index contributed by atoms with van der Waals surface area (Å²) < 4.78 is 25.1. The summed E-state index contributed by atoms with van der Waals surface area (Å²) >= 11 is 0. The first kappa shape index (κ1) is 21.5. The quantitative estimate of drug-likeness (QED) is 0.188. The molecule has 1 aliphatic rings. The first-order chi connectivity index (χ1) is 18.1. The van der Waals surface area contributed by atoms with Crippen molar-refractivity contribution in [3.8, 4) is 22.8 Å². The highest BCUT2D eigenvalue weighted by atomic mass is 16.5. The van der Waals surface area contributed by atoms with E-state index in [1.54, 1.807) is 20.1 Å². The molecule has 0 aliphatic carbocycles. The maximum Gasteiger partial charge on any atom is 0.189 e. The lowest BCUT2D eigenvalue weighted by atomic mass is 9.96. The van der Waals surface area contributed by atoms with E-state index in [-0.39, 0.29) is 11.5 Å². The van der Waals surface area contributed by atoms with Crippen LogP contribution in [0.2, 0.25) is 0 Å². The Balaban J connectivity index is 1.62. The fourth-order valence-corrected chi connectivity index (χ4v) is 5.16. The first-order valence-corrected chi connectivity index (χ1v) is 12.1. The molecule has 0 amide bonds. The maximum absolute atomic E-state index is 12.9. The second-order valence-electron chi connectivity index (χ2n) is 9.20. The molecule has 4 aromatic carbocycles. The molecule has 7 rings (SSSR count). The molecule has 1 atom stereocenters. The molecule has 2 aromatic heterocycles. The Morgan fingerprint density at radius 3 is 2.32 bits per heavy atom. The molecule has 180 valence electrons. The number of aryl methyl sites for hydroxylation is 1. The predicted octanol–water partition coefficient (Wildman–Crippen LogP) is 7.82. The van der Waals surface area contributed by atoms with Crippen LogP contribution in [0.15, 0.2) is 98.6 Å². The number of rotatable bonds is 3. The summed E-state index contributed by atoms with van der Waals surface area (Å²) in [5.41, 5.74) is 4.74. The lowest BCUT2D eigenvalue weighted by molar-refractivity contribution is 0.253. The number of methoxy groups -OCH3 is 1. The summed E-state index contributed by atoms with van der Waals surface area (Å²) in [5.74, 6) is 1.96. The SMILES string of the molecule is COc1cc2oc3c(C)c(=O)cc4oc(-c5ccccc5)cc(c2c2c1C=C[C@@H](c1ccccc1)O2)c43. The van der Waals surface area contributed by atoms with Crippen molar-refractivity contribution in [3.63, 3.8) is 0 Å². The van der Waals surface area contributed by atoms with Crippen molar-refractivity contribution >= 4 is 39.0 Å². The standard InChI is InChI=1S/C32H22O5/c1-18-23(33)16-27-29-22(15-25(35-27)20-11-7-4-8-12-20)30-28(37-31(18)29)17-26(34-2)21-13-14-24(36-32(21)30)19-9-5-3-6-10-19/h3-17,24H,1-2H3/t24-/m0/s1. The highest BCUT2D eigenvalue weighted by molar-refractivity contribution is 6.20. The molecule has 5 nitrogen and oxygen atoms in total. The smallest absolute Gasteiger partial charge is 0.189 e. The first-order valence-electron chi connectivity index (χ1n) is 12.1. The highest BCUT2D eigenvalue weighted by Gasteiger charge is 2.27. The van der Waals surface area contributed by atoms with Crippen LogP contribution >= 0.6 is 0 Å². The van der Waals surface area contributed by atoms with E-state index >= 15 is 0 Å². The topological polar surface area (TPSA) is 61.8 Å². The van der Waals surface area contributed by atoms with Gasteiger partial charge in [0, 0.05) is 28.6 Å². The second-order valence-corrected chi connectivity index (χ2v) is 9.20. The molecule has 37 heavy (non-hydrogen) atoms. The number of hydrogen-bond donors (Lipinski definition) is 0. The average molecular weight is 487 g/mol. The van der Waals surface area contributed by atoms with Crippen LogP contribution in [-0.4, -0.2) is 7.11 Å². The van der Waals surface area contributed by atoms with E-state index in [1.807, 2.05) is 84.9 Å². The van der Waals surface area contributed by atoms with Crippen molar-refractivity contribution in [2.75, 3.05) is 7.11 Å². The van der Waals surface area contributed by atoms with Gasteiger partial charge in [-0.25, -0.2) is 0 Å². The zero-order chi connectivity index (χ0) is 25.1. The van der Waals surface area contributed by atoms with Gasteiger partial charge in [-0.05, 0) is 30.7 Å². The average Bonchev–Trinajstić information content (AvgIpc) is 2.95. The van der Waals surface area contributed by atoms with E-state index in [0.29, 0.717) is 39.6 Å². The molecule has 1 aliphatic heterocycles. The van der Waals surface area contributed by atoms with Gasteiger partial charge in [-0.15, -0.1) is 0 Å². The van der Waals surface area contributed by atoms with Crippen LogP contribution in [0.25, 0.3) is 50.3 Å².